The maximum Gasteiger partial charge on any atom is 0.443 e. The van der Waals surface area contributed by atoms with Crippen molar-refractivity contribution in [3.8, 4) is 0 Å². The molecule has 0 aliphatic heterocycles. The van der Waals surface area contributed by atoms with Crippen LogP contribution in [0.2, 0.25) is 0 Å². The number of hydrogen-bond acceptors (Lipinski definition) is 4. The van der Waals surface area contributed by atoms with Crippen molar-refractivity contribution in [3.63, 3.8) is 0 Å². The predicted molar refractivity (Wildman–Crippen MR) is 66.8 cm³/mol. The Morgan fingerprint density at radius 2 is 2.00 bits per heavy atom. The number of rotatable bonds is 3. The van der Waals surface area contributed by atoms with E-state index in [0.29, 0.717) is 16.2 Å². The molecule has 2 N–H and O–H groups in total. The van der Waals surface area contributed by atoms with Gasteiger partial charge in [-0.1, -0.05) is 6.92 Å². The summed E-state index contributed by atoms with van der Waals surface area (Å²) < 4.78 is 37.3. The van der Waals surface area contributed by atoms with Crippen LogP contribution in [0.1, 0.15) is 32.6 Å². The van der Waals surface area contributed by atoms with E-state index >= 15 is 0 Å². The molecule has 0 spiro atoms. The van der Waals surface area contributed by atoms with Gasteiger partial charge < -0.3 is 5.73 Å². The number of aryl methyl sites for hydroxylation is 1. The maximum atomic E-state index is 12.4. The van der Waals surface area contributed by atoms with Gasteiger partial charge in [-0.15, -0.1) is 22.7 Å². The Balaban J connectivity index is 2.23. The van der Waals surface area contributed by atoms with E-state index in [2.05, 4.69) is 4.98 Å². The van der Waals surface area contributed by atoms with Gasteiger partial charge in [0.15, 0.2) is 5.01 Å². The van der Waals surface area contributed by atoms with Crippen LogP contribution in [0.25, 0.3) is 0 Å². The van der Waals surface area contributed by atoms with Crippen LogP contribution in [0.3, 0.4) is 0 Å². The van der Waals surface area contributed by atoms with E-state index in [-0.39, 0.29) is 0 Å². The van der Waals surface area contributed by atoms with E-state index in [1.54, 1.807) is 0 Å². The molecule has 0 saturated carbocycles. The van der Waals surface area contributed by atoms with Gasteiger partial charge in [-0.05, 0) is 18.6 Å². The Bertz CT molecular complexity index is 530. The fourth-order valence-corrected chi connectivity index (χ4v) is 3.30. The summed E-state index contributed by atoms with van der Waals surface area (Å²) in [6, 6.07) is 3.29. The smallest absolute Gasteiger partial charge is 0.319 e. The molecule has 2 aromatic heterocycles. The lowest BCUT2D eigenvalue weighted by Gasteiger charge is -2.05. The third-order valence-electron chi connectivity index (χ3n) is 2.41. The summed E-state index contributed by atoms with van der Waals surface area (Å²) in [4.78, 5) is 5.85. The second-order valence-corrected chi connectivity index (χ2v) is 5.96. The first-order valence-electron chi connectivity index (χ1n) is 5.29. The van der Waals surface area contributed by atoms with Crippen LogP contribution in [0.4, 0.5) is 13.2 Å². The minimum atomic E-state index is -4.40. The quantitative estimate of drug-likeness (QED) is 0.933. The van der Waals surface area contributed by atoms with Crippen molar-refractivity contribution in [2.75, 3.05) is 0 Å². The molecule has 0 aliphatic rings. The number of thiazole rings is 1. The topological polar surface area (TPSA) is 38.9 Å². The summed E-state index contributed by atoms with van der Waals surface area (Å²) in [5, 5.41) is -0.847. The Hall–Kier alpha value is -0.920. The van der Waals surface area contributed by atoms with Crippen molar-refractivity contribution in [2.45, 2.75) is 25.6 Å². The molecule has 98 valence electrons. The molecular weight excluding hydrogens is 281 g/mol. The zero-order valence-corrected chi connectivity index (χ0v) is 11.1. The van der Waals surface area contributed by atoms with Gasteiger partial charge >= 0.3 is 6.18 Å². The second kappa shape index (κ2) is 4.99. The molecule has 2 nitrogen and oxygen atoms in total. The van der Waals surface area contributed by atoms with Crippen LogP contribution in [0, 0.1) is 0 Å². The minimum absolute atomic E-state index is 0.437. The van der Waals surface area contributed by atoms with Crippen molar-refractivity contribution in [1.29, 1.82) is 0 Å². The fraction of sp³-hybridized carbons (Fsp3) is 0.364. The Kier molecular flexibility index (Phi) is 3.74. The van der Waals surface area contributed by atoms with Crippen molar-refractivity contribution in [3.05, 3.63) is 38.0 Å². The van der Waals surface area contributed by atoms with Crippen LogP contribution in [-0.2, 0) is 12.6 Å². The van der Waals surface area contributed by atoms with Gasteiger partial charge in [0.05, 0.1) is 6.04 Å². The molecule has 2 rings (SSSR count). The highest BCUT2D eigenvalue weighted by Gasteiger charge is 2.35. The molecule has 18 heavy (non-hydrogen) atoms. The zero-order chi connectivity index (χ0) is 13.3. The summed E-state index contributed by atoms with van der Waals surface area (Å²) in [6.45, 7) is 2.02. The number of aromatic nitrogens is 1. The molecule has 0 radical (unpaired) electrons. The first-order valence-corrected chi connectivity index (χ1v) is 6.92. The number of hydrogen-bond donors (Lipinski definition) is 1. The van der Waals surface area contributed by atoms with Gasteiger partial charge in [0.25, 0.3) is 0 Å². The lowest BCUT2D eigenvalue weighted by molar-refractivity contribution is -0.137. The highest BCUT2D eigenvalue weighted by molar-refractivity contribution is 7.13. The van der Waals surface area contributed by atoms with Crippen LogP contribution in [-0.4, -0.2) is 4.98 Å². The van der Waals surface area contributed by atoms with Crippen molar-refractivity contribution in [1.82, 2.24) is 4.98 Å². The first-order chi connectivity index (χ1) is 8.41. The average molecular weight is 292 g/mol. The van der Waals surface area contributed by atoms with Crippen LogP contribution < -0.4 is 5.73 Å². The summed E-state index contributed by atoms with van der Waals surface area (Å²) in [6.07, 6.45) is -2.29. The first kappa shape index (κ1) is 13.5. The predicted octanol–water partition coefficient (Wildman–Crippen LogP) is 3.83. The molecule has 2 heterocycles. The van der Waals surface area contributed by atoms with Crippen LogP contribution in [0.5, 0.6) is 0 Å². The third-order valence-corrected chi connectivity index (χ3v) is 4.85. The highest BCUT2D eigenvalue weighted by atomic mass is 32.1. The normalized spacial score (nSPS) is 13.8. The Labute approximate surface area is 110 Å². The van der Waals surface area contributed by atoms with Crippen LogP contribution in [0.15, 0.2) is 18.3 Å². The van der Waals surface area contributed by atoms with E-state index in [0.717, 1.165) is 11.3 Å². The summed E-state index contributed by atoms with van der Waals surface area (Å²) in [5.41, 5.74) is 5.95. The molecule has 1 unspecified atom stereocenters. The standard InChI is InChI=1S/C11H11F3N2S2/c1-2-6-3-4-7(17-6)9(15)8-5-16-10(18-8)11(12,13)14/h3-5,9H,2,15H2,1H3. The third kappa shape index (κ3) is 2.73. The molecule has 0 aromatic carbocycles. The number of nitrogens with zero attached hydrogens (tertiary/aromatic N) is 1. The molecule has 0 aliphatic carbocycles. The Morgan fingerprint density at radius 1 is 1.28 bits per heavy atom. The van der Waals surface area contributed by atoms with Crippen LogP contribution >= 0.6 is 22.7 Å². The monoisotopic (exact) mass is 292 g/mol. The van der Waals surface area contributed by atoms with Crippen molar-refractivity contribution in [2.24, 2.45) is 5.73 Å². The van der Waals surface area contributed by atoms with Gasteiger partial charge in [-0.2, -0.15) is 13.2 Å². The lowest BCUT2D eigenvalue weighted by atomic mass is 10.2. The molecule has 7 heteroatoms. The number of halogens is 3. The van der Waals surface area contributed by atoms with E-state index in [9.17, 15) is 13.2 Å². The number of thiophene rings is 1. The molecule has 0 bridgehead atoms. The van der Waals surface area contributed by atoms with E-state index in [1.807, 2.05) is 19.1 Å². The summed E-state index contributed by atoms with van der Waals surface area (Å²) in [7, 11) is 0. The zero-order valence-electron chi connectivity index (χ0n) is 9.49. The minimum Gasteiger partial charge on any atom is -0.319 e. The highest BCUT2D eigenvalue weighted by Crippen LogP contribution is 2.36. The maximum absolute atomic E-state index is 12.4. The SMILES string of the molecule is CCc1ccc(C(N)c2cnc(C(F)(F)F)s2)s1. The average Bonchev–Trinajstić information content (AvgIpc) is 2.96. The van der Waals surface area contributed by atoms with Gasteiger partial charge in [0.1, 0.15) is 0 Å². The fourth-order valence-electron chi connectivity index (χ4n) is 1.45. The number of alkyl halides is 3. The Morgan fingerprint density at radius 3 is 2.50 bits per heavy atom. The lowest BCUT2D eigenvalue weighted by Crippen LogP contribution is -2.08. The van der Waals surface area contributed by atoms with Gasteiger partial charge in [0, 0.05) is 20.8 Å². The molecule has 2 aromatic rings. The van der Waals surface area contributed by atoms with E-state index in [4.69, 9.17) is 5.73 Å². The summed E-state index contributed by atoms with van der Waals surface area (Å²) in [5.74, 6) is 0. The molecular formula is C11H11F3N2S2. The molecule has 0 amide bonds. The van der Waals surface area contributed by atoms with E-state index in [1.165, 1.54) is 22.4 Å². The van der Waals surface area contributed by atoms with Crippen molar-refractivity contribution >= 4 is 22.7 Å². The largest absolute Gasteiger partial charge is 0.443 e. The van der Waals surface area contributed by atoms with Crippen molar-refractivity contribution < 1.29 is 13.2 Å². The van der Waals surface area contributed by atoms with Gasteiger partial charge in [-0.25, -0.2) is 4.98 Å². The molecule has 1 atom stereocenters. The molecule has 0 saturated heterocycles. The van der Waals surface area contributed by atoms with Gasteiger partial charge in [0.2, 0.25) is 0 Å². The van der Waals surface area contributed by atoms with Gasteiger partial charge in [-0.3, -0.25) is 0 Å². The molecule has 0 fully saturated rings. The number of nitrogens with two attached hydrogens (primary N) is 1. The summed E-state index contributed by atoms with van der Waals surface area (Å²) >= 11 is 2.13. The van der Waals surface area contributed by atoms with E-state index < -0.39 is 17.2 Å². The second-order valence-electron chi connectivity index (χ2n) is 3.70.